The summed E-state index contributed by atoms with van der Waals surface area (Å²) in [5, 5.41) is 2.92. The van der Waals surface area contributed by atoms with Crippen LogP contribution in [0, 0.1) is 5.92 Å². The minimum Gasteiger partial charge on any atom is -0.436 e. The number of carbonyl (C=O) groups is 1. The number of oxazole rings is 1. The van der Waals surface area contributed by atoms with E-state index in [0.29, 0.717) is 17.0 Å². The van der Waals surface area contributed by atoms with E-state index in [2.05, 4.69) is 10.3 Å². The number of nitrogens with zero attached hydrogens (tertiary/aromatic N) is 1. The number of aromatic nitrogens is 1. The highest BCUT2D eigenvalue weighted by molar-refractivity contribution is 7.91. The lowest BCUT2D eigenvalue weighted by atomic mass is 9.85. The topological polar surface area (TPSA) is 89.3 Å². The Labute approximate surface area is 157 Å². The highest BCUT2D eigenvalue weighted by Gasteiger charge is 2.25. The average molecular weight is 384 g/mol. The number of benzene rings is 2. The number of hydrogen-bond acceptors (Lipinski definition) is 5. The molecule has 1 amide bonds. The SMILES string of the molecule is CCS(=O)(=O)c1ccc2oc(-c3ccc(NC(=O)C4CCC4)cc3)nc2c1. The first-order valence-electron chi connectivity index (χ1n) is 9.01. The van der Waals surface area contributed by atoms with Crippen LogP contribution in [0.25, 0.3) is 22.6 Å². The molecular weight excluding hydrogens is 364 g/mol. The van der Waals surface area contributed by atoms with Crippen molar-refractivity contribution in [2.75, 3.05) is 11.1 Å². The predicted octanol–water partition coefficient (Wildman–Crippen LogP) is 4.03. The number of anilines is 1. The van der Waals surface area contributed by atoms with E-state index < -0.39 is 9.84 Å². The average Bonchev–Trinajstić information content (AvgIpc) is 3.04. The molecule has 6 nitrogen and oxygen atoms in total. The number of fused-ring (bicyclic) bond motifs is 1. The molecule has 0 saturated heterocycles. The van der Waals surface area contributed by atoms with Gasteiger partial charge in [0.2, 0.25) is 11.8 Å². The van der Waals surface area contributed by atoms with E-state index in [0.717, 1.165) is 30.5 Å². The zero-order valence-electron chi connectivity index (χ0n) is 14.9. The van der Waals surface area contributed by atoms with Crippen LogP contribution in [-0.2, 0) is 14.6 Å². The number of sulfone groups is 1. The summed E-state index contributed by atoms with van der Waals surface area (Å²) in [5.74, 6) is 0.654. The monoisotopic (exact) mass is 384 g/mol. The standard InChI is InChI=1S/C20H20N2O4S/c1-2-27(24,25)16-10-11-18-17(12-16)22-20(26-18)14-6-8-15(9-7-14)21-19(23)13-4-3-5-13/h6-13H,2-5H2,1H3,(H,21,23). The molecule has 0 aliphatic heterocycles. The Hall–Kier alpha value is -2.67. The summed E-state index contributed by atoms with van der Waals surface area (Å²) in [6, 6.07) is 12.0. The quantitative estimate of drug-likeness (QED) is 0.717. The summed E-state index contributed by atoms with van der Waals surface area (Å²) >= 11 is 0. The van der Waals surface area contributed by atoms with Crippen LogP contribution in [0.4, 0.5) is 5.69 Å². The van der Waals surface area contributed by atoms with E-state index in [1.807, 2.05) is 24.3 Å². The largest absolute Gasteiger partial charge is 0.436 e. The lowest BCUT2D eigenvalue weighted by molar-refractivity contribution is -0.122. The molecular formula is C20H20N2O4S. The van der Waals surface area contributed by atoms with Gasteiger partial charge in [-0.2, -0.15) is 0 Å². The number of nitrogens with one attached hydrogen (secondary N) is 1. The van der Waals surface area contributed by atoms with Crippen molar-refractivity contribution in [3.8, 4) is 11.5 Å². The van der Waals surface area contributed by atoms with Gasteiger partial charge in [0.1, 0.15) is 5.52 Å². The second-order valence-electron chi connectivity index (χ2n) is 6.75. The molecule has 1 N–H and O–H groups in total. The zero-order valence-corrected chi connectivity index (χ0v) is 15.8. The van der Waals surface area contributed by atoms with Crippen molar-refractivity contribution in [3.05, 3.63) is 42.5 Å². The minimum absolute atomic E-state index is 0.0389. The van der Waals surface area contributed by atoms with Crippen molar-refractivity contribution in [1.29, 1.82) is 0 Å². The Bertz CT molecular complexity index is 1100. The van der Waals surface area contributed by atoms with Crippen molar-refractivity contribution in [2.24, 2.45) is 5.92 Å². The zero-order chi connectivity index (χ0) is 19.0. The number of carbonyl (C=O) groups excluding carboxylic acids is 1. The molecule has 1 aliphatic rings. The minimum atomic E-state index is -3.29. The van der Waals surface area contributed by atoms with Gasteiger partial charge < -0.3 is 9.73 Å². The molecule has 4 rings (SSSR count). The summed E-state index contributed by atoms with van der Waals surface area (Å²) in [4.78, 5) is 16.7. The molecule has 0 bridgehead atoms. The van der Waals surface area contributed by atoms with Crippen LogP contribution in [0.1, 0.15) is 26.2 Å². The molecule has 2 aromatic carbocycles. The smallest absolute Gasteiger partial charge is 0.227 e. The maximum Gasteiger partial charge on any atom is 0.227 e. The number of amides is 1. The Morgan fingerprint density at radius 1 is 1.19 bits per heavy atom. The molecule has 0 unspecified atom stereocenters. The van der Waals surface area contributed by atoms with Gasteiger partial charge in [-0.05, 0) is 55.3 Å². The fourth-order valence-electron chi connectivity index (χ4n) is 3.00. The molecule has 0 radical (unpaired) electrons. The van der Waals surface area contributed by atoms with Crippen LogP contribution in [-0.4, -0.2) is 25.1 Å². The first-order valence-corrected chi connectivity index (χ1v) is 10.7. The third-order valence-electron chi connectivity index (χ3n) is 4.97. The van der Waals surface area contributed by atoms with Crippen LogP contribution >= 0.6 is 0 Å². The van der Waals surface area contributed by atoms with Crippen molar-refractivity contribution in [1.82, 2.24) is 4.98 Å². The molecule has 7 heteroatoms. The lowest BCUT2D eigenvalue weighted by Crippen LogP contribution is -2.27. The molecule has 27 heavy (non-hydrogen) atoms. The summed E-state index contributed by atoms with van der Waals surface area (Å²) in [5.41, 5.74) is 2.53. The van der Waals surface area contributed by atoms with Crippen LogP contribution in [0.3, 0.4) is 0 Å². The van der Waals surface area contributed by atoms with Gasteiger partial charge in [-0.3, -0.25) is 4.79 Å². The van der Waals surface area contributed by atoms with E-state index in [4.69, 9.17) is 4.42 Å². The summed E-state index contributed by atoms with van der Waals surface area (Å²) in [6.07, 6.45) is 3.04. The molecule has 140 valence electrons. The normalized spacial score (nSPS) is 14.9. The van der Waals surface area contributed by atoms with Gasteiger partial charge in [0.15, 0.2) is 15.4 Å². The summed E-state index contributed by atoms with van der Waals surface area (Å²) in [6.45, 7) is 1.61. The van der Waals surface area contributed by atoms with E-state index in [-0.39, 0.29) is 22.5 Å². The van der Waals surface area contributed by atoms with Gasteiger partial charge in [0.25, 0.3) is 0 Å². The van der Waals surface area contributed by atoms with Crippen molar-refractivity contribution in [3.63, 3.8) is 0 Å². The maximum atomic E-state index is 12.0. The molecule has 3 aromatic rings. The third-order valence-corrected chi connectivity index (χ3v) is 6.71. The van der Waals surface area contributed by atoms with E-state index in [1.165, 1.54) is 12.1 Å². The van der Waals surface area contributed by atoms with E-state index in [1.54, 1.807) is 13.0 Å². The summed E-state index contributed by atoms with van der Waals surface area (Å²) in [7, 11) is -3.29. The Balaban J connectivity index is 1.57. The molecule has 0 spiro atoms. The van der Waals surface area contributed by atoms with Crippen molar-refractivity contribution in [2.45, 2.75) is 31.1 Å². The van der Waals surface area contributed by atoms with Gasteiger partial charge in [0, 0.05) is 17.2 Å². The molecule has 1 heterocycles. The first-order chi connectivity index (χ1) is 13.0. The fourth-order valence-corrected chi connectivity index (χ4v) is 3.90. The predicted molar refractivity (Wildman–Crippen MR) is 103 cm³/mol. The van der Waals surface area contributed by atoms with Gasteiger partial charge in [-0.15, -0.1) is 0 Å². The summed E-state index contributed by atoms with van der Waals surface area (Å²) < 4.78 is 29.8. The van der Waals surface area contributed by atoms with Gasteiger partial charge in [-0.25, -0.2) is 13.4 Å². The number of hydrogen-bond donors (Lipinski definition) is 1. The maximum absolute atomic E-state index is 12.0. The molecule has 1 aromatic heterocycles. The van der Waals surface area contributed by atoms with Gasteiger partial charge in [0.05, 0.1) is 10.6 Å². The molecule has 1 saturated carbocycles. The fraction of sp³-hybridized carbons (Fsp3) is 0.300. The first kappa shape index (κ1) is 17.7. The Morgan fingerprint density at radius 3 is 2.56 bits per heavy atom. The van der Waals surface area contributed by atoms with Crippen molar-refractivity contribution < 1.29 is 17.6 Å². The Kier molecular flexibility index (Phi) is 4.47. The third kappa shape index (κ3) is 3.47. The van der Waals surface area contributed by atoms with Crippen LogP contribution in [0.5, 0.6) is 0 Å². The van der Waals surface area contributed by atoms with E-state index >= 15 is 0 Å². The van der Waals surface area contributed by atoms with E-state index in [9.17, 15) is 13.2 Å². The van der Waals surface area contributed by atoms with Gasteiger partial charge >= 0.3 is 0 Å². The molecule has 1 fully saturated rings. The van der Waals surface area contributed by atoms with Crippen LogP contribution in [0.15, 0.2) is 51.8 Å². The number of rotatable bonds is 5. The second-order valence-corrected chi connectivity index (χ2v) is 9.02. The van der Waals surface area contributed by atoms with Crippen molar-refractivity contribution >= 4 is 32.5 Å². The highest BCUT2D eigenvalue weighted by Crippen LogP contribution is 2.29. The van der Waals surface area contributed by atoms with Crippen LogP contribution < -0.4 is 5.32 Å². The van der Waals surface area contributed by atoms with Gasteiger partial charge in [-0.1, -0.05) is 13.3 Å². The Morgan fingerprint density at radius 2 is 1.93 bits per heavy atom. The van der Waals surface area contributed by atoms with Crippen LogP contribution in [0.2, 0.25) is 0 Å². The second kappa shape index (κ2) is 6.81. The molecule has 0 atom stereocenters. The molecule has 1 aliphatic carbocycles. The lowest BCUT2D eigenvalue weighted by Gasteiger charge is -2.24. The highest BCUT2D eigenvalue weighted by atomic mass is 32.2.